The molecule has 1 unspecified atom stereocenters. The molecular weight excluding hydrogens is 402 g/mol. The van der Waals surface area contributed by atoms with E-state index in [9.17, 15) is 24.0 Å². The van der Waals surface area contributed by atoms with Gasteiger partial charge in [0.2, 0.25) is 6.79 Å². The van der Waals surface area contributed by atoms with Crippen LogP contribution in [0.4, 0.5) is 0 Å². The third kappa shape index (κ3) is 15.4. The normalized spacial score (nSPS) is 11.3. The molecular formula is C19H31NO10. The Kier molecular flexibility index (Phi) is 15.9. The molecule has 0 aliphatic rings. The summed E-state index contributed by atoms with van der Waals surface area (Å²) in [7, 11) is 1.59. The van der Waals surface area contributed by atoms with E-state index in [1.807, 2.05) is 0 Å². The summed E-state index contributed by atoms with van der Waals surface area (Å²) in [4.78, 5) is 56.7. The van der Waals surface area contributed by atoms with Gasteiger partial charge >= 0.3 is 23.9 Å². The Morgan fingerprint density at radius 1 is 0.733 bits per heavy atom. The van der Waals surface area contributed by atoms with Gasteiger partial charge in [-0.1, -0.05) is 6.92 Å². The van der Waals surface area contributed by atoms with Crippen LogP contribution < -0.4 is 5.32 Å². The summed E-state index contributed by atoms with van der Waals surface area (Å²) in [5.41, 5.74) is 0. The second-order valence-electron chi connectivity index (χ2n) is 6.05. The van der Waals surface area contributed by atoms with Gasteiger partial charge < -0.3 is 29.0 Å². The van der Waals surface area contributed by atoms with E-state index >= 15 is 0 Å². The fourth-order valence-electron chi connectivity index (χ4n) is 1.77. The molecule has 0 aromatic rings. The van der Waals surface area contributed by atoms with Crippen LogP contribution in [-0.2, 0) is 47.7 Å². The molecule has 0 saturated carbocycles. The number of carbonyl (C=O) groups is 5. The van der Waals surface area contributed by atoms with E-state index < -0.39 is 36.7 Å². The maximum absolute atomic E-state index is 11.5. The van der Waals surface area contributed by atoms with Gasteiger partial charge in [0.25, 0.3) is 0 Å². The average molecular weight is 433 g/mol. The van der Waals surface area contributed by atoms with Gasteiger partial charge in [0.15, 0.2) is 0 Å². The van der Waals surface area contributed by atoms with Crippen LogP contribution in [0.1, 0.15) is 46.0 Å². The molecule has 172 valence electrons. The highest BCUT2D eigenvalue weighted by atomic mass is 16.7. The summed E-state index contributed by atoms with van der Waals surface area (Å²) >= 11 is 0. The maximum Gasteiger partial charge on any atom is 0.325 e. The van der Waals surface area contributed by atoms with Crippen molar-refractivity contribution in [1.82, 2.24) is 5.32 Å². The number of esters is 4. The fraction of sp³-hybridized carbons (Fsp3) is 0.737. The van der Waals surface area contributed by atoms with Crippen molar-refractivity contribution in [2.75, 3.05) is 40.3 Å². The molecule has 11 nitrogen and oxygen atoms in total. The molecule has 0 radical (unpaired) electrons. The third-order valence-electron chi connectivity index (χ3n) is 3.72. The van der Waals surface area contributed by atoms with Crippen molar-refractivity contribution < 1.29 is 47.7 Å². The number of rotatable bonds is 17. The fourth-order valence-corrected chi connectivity index (χ4v) is 1.77. The Morgan fingerprint density at radius 3 is 1.73 bits per heavy atom. The van der Waals surface area contributed by atoms with Crippen molar-refractivity contribution in [2.24, 2.45) is 0 Å². The highest BCUT2D eigenvalue weighted by Crippen LogP contribution is 1.98. The van der Waals surface area contributed by atoms with Gasteiger partial charge in [0.05, 0.1) is 32.5 Å². The molecule has 1 N–H and O–H groups in total. The molecule has 30 heavy (non-hydrogen) atoms. The van der Waals surface area contributed by atoms with E-state index in [1.165, 1.54) is 0 Å². The lowest BCUT2D eigenvalue weighted by atomic mass is 10.2. The largest absolute Gasteiger partial charge is 0.463 e. The predicted octanol–water partition coefficient (Wildman–Crippen LogP) is 0.281. The van der Waals surface area contributed by atoms with Crippen LogP contribution in [0.15, 0.2) is 0 Å². The van der Waals surface area contributed by atoms with Gasteiger partial charge in [-0.3, -0.25) is 24.0 Å². The first-order valence-electron chi connectivity index (χ1n) is 9.70. The molecule has 0 aliphatic heterocycles. The highest BCUT2D eigenvalue weighted by Gasteiger charge is 2.13. The van der Waals surface area contributed by atoms with Crippen LogP contribution in [-0.4, -0.2) is 76.0 Å². The molecule has 0 bridgehead atoms. The third-order valence-corrected chi connectivity index (χ3v) is 3.72. The summed E-state index contributed by atoms with van der Waals surface area (Å²) in [6, 6.07) is -0.524. The number of likely N-dealkylation sites (N-methyl/N-ethyl adjacent to an activating group) is 1. The molecule has 0 aromatic heterocycles. The summed E-state index contributed by atoms with van der Waals surface area (Å²) in [6.07, 6.45) is 0.204. The van der Waals surface area contributed by atoms with Crippen molar-refractivity contribution in [3.63, 3.8) is 0 Å². The molecule has 0 spiro atoms. The van der Waals surface area contributed by atoms with Crippen LogP contribution in [0.2, 0.25) is 0 Å². The van der Waals surface area contributed by atoms with Gasteiger partial charge in [0.1, 0.15) is 25.0 Å². The molecule has 0 heterocycles. The van der Waals surface area contributed by atoms with Gasteiger partial charge in [-0.25, -0.2) is 0 Å². The van der Waals surface area contributed by atoms with Crippen LogP contribution in [0, 0.1) is 0 Å². The predicted molar refractivity (Wildman–Crippen MR) is 102 cm³/mol. The number of carbonyl (C=O) groups excluding carboxylic acids is 5. The number of nitrogens with one attached hydrogen (secondary N) is 1. The lowest BCUT2D eigenvalue weighted by molar-refractivity contribution is -0.169. The van der Waals surface area contributed by atoms with Gasteiger partial charge in [-0.15, -0.1) is 0 Å². The van der Waals surface area contributed by atoms with Crippen LogP contribution in [0.5, 0.6) is 0 Å². The van der Waals surface area contributed by atoms with Gasteiger partial charge in [-0.05, 0) is 14.0 Å². The van der Waals surface area contributed by atoms with Gasteiger partial charge in [-0.2, -0.15) is 0 Å². The molecule has 0 aromatic carbocycles. The number of Topliss-reactive ketones (excluding diaryl/α,β-unsaturated/α-hetero) is 1. The molecule has 0 rings (SSSR count). The Hall–Kier alpha value is -2.53. The Labute approximate surface area is 175 Å². The number of ketones is 1. The first-order chi connectivity index (χ1) is 14.3. The van der Waals surface area contributed by atoms with Crippen LogP contribution >= 0.6 is 0 Å². The number of ether oxygens (including phenoxy) is 5. The zero-order valence-electron chi connectivity index (χ0n) is 17.7. The molecule has 11 heteroatoms. The second-order valence-corrected chi connectivity index (χ2v) is 6.05. The van der Waals surface area contributed by atoms with E-state index in [4.69, 9.17) is 18.9 Å². The van der Waals surface area contributed by atoms with E-state index in [0.717, 1.165) is 0 Å². The quantitative estimate of drug-likeness (QED) is 0.146. The van der Waals surface area contributed by atoms with Crippen molar-refractivity contribution in [3.8, 4) is 0 Å². The lowest BCUT2D eigenvalue weighted by Gasteiger charge is -2.10. The van der Waals surface area contributed by atoms with Crippen LogP contribution in [0.3, 0.4) is 0 Å². The SMILES string of the molecule is CCC(=O)CCC(=O)OCCOCCOC(=O)CCC(=O)OCOC(=O)C(C)NC. The van der Waals surface area contributed by atoms with Crippen molar-refractivity contribution >= 4 is 29.7 Å². The van der Waals surface area contributed by atoms with E-state index in [0.29, 0.717) is 6.42 Å². The smallest absolute Gasteiger partial charge is 0.325 e. The summed E-state index contributed by atoms with van der Waals surface area (Å²) in [5, 5.41) is 2.67. The Balaban J connectivity index is 3.59. The standard InChI is InChI=1S/C19H31NO10/c1-4-15(21)5-6-16(22)27-11-9-26-10-12-28-17(23)7-8-18(24)29-13-30-19(25)14(2)20-3/h14,20H,4-13H2,1-3H3. The lowest BCUT2D eigenvalue weighted by Crippen LogP contribution is -2.33. The topological polar surface area (TPSA) is 144 Å². The molecule has 0 amide bonds. The molecule has 1 atom stereocenters. The van der Waals surface area contributed by atoms with Crippen molar-refractivity contribution in [3.05, 3.63) is 0 Å². The zero-order valence-corrected chi connectivity index (χ0v) is 17.7. The maximum atomic E-state index is 11.5. The minimum absolute atomic E-state index is 0.000807. The Morgan fingerprint density at radius 2 is 1.23 bits per heavy atom. The van der Waals surface area contributed by atoms with Crippen molar-refractivity contribution in [1.29, 1.82) is 0 Å². The van der Waals surface area contributed by atoms with E-state index in [2.05, 4.69) is 10.1 Å². The summed E-state index contributed by atoms with van der Waals surface area (Å²) in [6.45, 7) is 3.04. The molecule has 0 saturated heterocycles. The minimum atomic E-state index is -0.699. The van der Waals surface area contributed by atoms with Crippen molar-refractivity contribution in [2.45, 2.75) is 52.0 Å². The number of hydrogen-bond acceptors (Lipinski definition) is 11. The summed E-state index contributed by atoms with van der Waals surface area (Å²) < 4.78 is 24.3. The monoisotopic (exact) mass is 433 g/mol. The summed E-state index contributed by atoms with van der Waals surface area (Å²) in [5.74, 6) is -2.34. The van der Waals surface area contributed by atoms with E-state index in [-0.39, 0.29) is 57.9 Å². The van der Waals surface area contributed by atoms with E-state index in [1.54, 1.807) is 20.9 Å². The first kappa shape index (κ1) is 27.5. The van der Waals surface area contributed by atoms with Crippen LogP contribution in [0.25, 0.3) is 0 Å². The Bertz CT molecular complexity index is 564. The minimum Gasteiger partial charge on any atom is -0.463 e. The highest BCUT2D eigenvalue weighted by molar-refractivity contribution is 5.82. The molecule has 0 aliphatic carbocycles. The van der Waals surface area contributed by atoms with Gasteiger partial charge in [0, 0.05) is 12.8 Å². The first-order valence-corrected chi connectivity index (χ1v) is 9.70. The zero-order chi connectivity index (χ0) is 22.8. The number of hydrogen-bond donors (Lipinski definition) is 1. The second kappa shape index (κ2) is 17.3. The molecule has 0 fully saturated rings. The average Bonchev–Trinajstić information content (AvgIpc) is 2.74.